The molecule has 3 aromatic carbocycles. The van der Waals surface area contributed by atoms with Gasteiger partial charge in [0.1, 0.15) is 0 Å². The third-order valence-corrected chi connectivity index (χ3v) is 5.52. The number of benzene rings is 3. The van der Waals surface area contributed by atoms with E-state index in [-0.39, 0.29) is 11.5 Å². The van der Waals surface area contributed by atoms with Crippen molar-refractivity contribution in [2.45, 2.75) is 5.92 Å². The van der Waals surface area contributed by atoms with E-state index in [1.165, 1.54) is 0 Å². The van der Waals surface area contributed by atoms with Crippen molar-refractivity contribution in [3.05, 3.63) is 104 Å². The molecule has 0 aliphatic carbocycles. The number of hydrogen-bond acceptors (Lipinski definition) is 3. The zero-order chi connectivity index (χ0) is 20.5. The van der Waals surface area contributed by atoms with E-state index in [0.717, 1.165) is 15.7 Å². The van der Waals surface area contributed by atoms with E-state index < -0.39 is 5.92 Å². The average molecular weight is 427 g/mol. The second-order valence-electron chi connectivity index (χ2n) is 6.69. The minimum absolute atomic E-state index is 0.345. The first kappa shape index (κ1) is 19.3. The van der Waals surface area contributed by atoms with Crippen molar-refractivity contribution >= 4 is 34.1 Å². The summed E-state index contributed by atoms with van der Waals surface area (Å²) in [6, 6.07) is 21.5. The van der Waals surface area contributed by atoms with Gasteiger partial charge in [0.15, 0.2) is 0 Å². The Morgan fingerprint density at radius 2 is 1.69 bits per heavy atom. The van der Waals surface area contributed by atoms with Crippen molar-refractivity contribution in [2.75, 3.05) is 6.54 Å². The standard InChI is InChI=1S/C22H16Cl2N2O3/c23-15-10-11-16(19(24)12-15)18(13-25(27)28)21-17-8-4-5-9-20(17)26(29)22(21)14-6-2-1-3-7-14/h1-12,18,29H,13H2. The summed E-state index contributed by atoms with van der Waals surface area (Å²) in [5.41, 5.74) is 3.06. The first-order chi connectivity index (χ1) is 14.0. The second kappa shape index (κ2) is 7.78. The number of rotatable bonds is 5. The summed E-state index contributed by atoms with van der Waals surface area (Å²) >= 11 is 12.5. The highest BCUT2D eigenvalue weighted by Crippen LogP contribution is 2.42. The van der Waals surface area contributed by atoms with Gasteiger partial charge in [-0.05, 0) is 23.8 Å². The fourth-order valence-electron chi connectivity index (χ4n) is 3.75. The van der Waals surface area contributed by atoms with Gasteiger partial charge in [0.2, 0.25) is 6.54 Å². The van der Waals surface area contributed by atoms with Crippen LogP contribution in [0.2, 0.25) is 10.0 Å². The van der Waals surface area contributed by atoms with Crippen LogP contribution in [0.5, 0.6) is 0 Å². The average Bonchev–Trinajstić information content (AvgIpc) is 3.00. The molecule has 0 radical (unpaired) electrons. The van der Waals surface area contributed by atoms with Gasteiger partial charge in [-0.1, -0.05) is 77.8 Å². The highest BCUT2D eigenvalue weighted by Gasteiger charge is 2.31. The maximum atomic E-state index is 11.6. The molecule has 0 fully saturated rings. The zero-order valence-electron chi connectivity index (χ0n) is 15.1. The largest absolute Gasteiger partial charge is 0.428 e. The molecule has 1 N–H and O–H groups in total. The Labute approximate surface area is 176 Å². The van der Waals surface area contributed by atoms with E-state index in [4.69, 9.17) is 23.2 Å². The van der Waals surface area contributed by atoms with E-state index in [1.807, 2.05) is 48.5 Å². The number of halogens is 2. The predicted octanol–water partition coefficient (Wildman–Crippen LogP) is 6.26. The molecule has 29 heavy (non-hydrogen) atoms. The molecule has 146 valence electrons. The van der Waals surface area contributed by atoms with Gasteiger partial charge >= 0.3 is 0 Å². The van der Waals surface area contributed by atoms with Crippen LogP contribution in [0.25, 0.3) is 22.2 Å². The van der Waals surface area contributed by atoms with Crippen LogP contribution in [0.1, 0.15) is 17.0 Å². The van der Waals surface area contributed by atoms with Crippen LogP contribution in [-0.2, 0) is 0 Å². The molecule has 0 bridgehead atoms. The van der Waals surface area contributed by atoms with E-state index in [1.54, 1.807) is 24.3 Å². The minimum atomic E-state index is -0.678. The Hall–Kier alpha value is -3.02. The zero-order valence-corrected chi connectivity index (χ0v) is 16.6. The lowest BCUT2D eigenvalue weighted by atomic mass is 9.87. The number of nitro groups is 1. The number of nitrogens with zero attached hydrogens (tertiary/aromatic N) is 2. The number of aromatic nitrogens is 1. The van der Waals surface area contributed by atoms with Gasteiger partial charge in [-0.2, -0.15) is 4.73 Å². The molecule has 0 amide bonds. The SMILES string of the molecule is O=[N+]([O-])CC(c1ccc(Cl)cc1Cl)c1c(-c2ccccc2)n(O)c2ccccc12. The fraction of sp³-hybridized carbons (Fsp3) is 0.0909. The van der Waals surface area contributed by atoms with Crippen LogP contribution in [0.4, 0.5) is 0 Å². The van der Waals surface area contributed by atoms with Gasteiger partial charge in [-0.25, -0.2) is 0 Å². The van der Waals surface area contributed by atoms with E-state index >= 15 is 0 Å². The lowest BCUT2D eigenvalue weighted by Gasteiger charge is -2.17. The molecule has 1 heterocycles. The molecule has 4 aromatic rings. The molecule has 1 atom stereocenters. The van der Waals surface area contributed by atoms with Gasteiger partial charge in [-0.3, -0.25) is 10.1 Å². The first-order valence-electron chi connectivity index (χ1n) is 8.92. The highest BCUT2D eigenvalue weighted by atomic mass is 35.5. The lowest BCUT2D eigenvalue weighted by Crippen LogP contribution is -2.15. The lowest BCUT2D eigenvalue weighted by molar-refractivity contribution is -0.481. The molecular formula is C22H16Cl2N2O3. The van der Waals surface area contributed by atoms with Crippen LogP contribution in [0, 0.1) is 10.1 Å². The molecule has 7 heteroatoms. The maximum absolute atomic E-state index is 11.6. The van der Waals surface area contributed by atoms with E-state index in [2.05, 4.69) is 0 Å². The van der Waals surface area contributed by atoms with Crippen LogP contribution < -0.4 is 0 Å². The number of hydrogen-bond donors (Lipinski definition) is 1. The van der Waals surface area contributed by atoms with Crippen molar-refractivity contribution in [3.63, 3.8) is 0 Å². The summed E-state index contributed by atoms with van der Waals surface area (Å²) in [6.45, 7) is -0.380. The van der Waals surface area contributed by atoms with Crippen molar-refractivity contribution in [1.29, 1.82) is 0 Å². The van der Waals surface area contributed by atoms with E-state index in [0.29, 0.717) is 32.4 Å². The molecule has 0 spiro atoms. The summed E-state index contributed by atoms with van der Waals surface area (Å²) in [5, 5.41) is 24.1. The molecule has 0 aliphatic rings. The van der Waals surface area contributed by atoms with Crippen molar-refractivity contribution < 1.29 is 10.1 Å². The Morgan fingerprint density at radius 1 is 1.00 bits per heavy atom. The van der Waals surface area contributed by atoms with Crippen LogP contribution in [-0.4, -0.2) is 21.4 Å². The summed E-state index contributed by atoms with van der Waals surface area (Å²) in [5.74, 6) is -0.678. The predicted molar refractivity (Wildman–Crippen MR) is 115 cm³/mol. The molecule has 4 rings (SSSR count). The molecule has 0 aliphatic heterocycles. The van der Waals surface area contributed by atoms with Gasteiger partial charge in [-0.15, -0.1) is 0 Å². The summed E-state index contributed by atoms with van der Waals surface area (Å²) < 4.78 is 1.09. The fourth-order valence-corrected chi connectivity index (χ4v) is 4.29. The third kappa shape index (κ3) is 3.55. The summed E-state index contributed by atoms with van der Waals surface area (Å²) in [4.78, 5) is 11.2. The van der Waals surface area contributed by atoms with Gasteiger partial charge < -0.3 is 5.21 Å². The topological polar surface area (TPSA) is 68.3 Å². The maximum Gasteiger partial charge on any atom is 0.214 e. The second-order valence-corrected chi connectivity index (χ2v) is 7.53. The Balaban J connectivity index is 2.07. The molecule has 0 saturated heterocycles. The molecular weight excluding hydrogens is 411 g/mol. The van der Waals surface area contributed by atoms with Crippen molar-refractivity contribution in [1.82, 2.24) is 4.73 Å². The third-order valence-electron chi connectivity index (χ3n) is 4.95. The van der Waals surface area contributed by atoms with Gasteiger partial charge in [0.05, 0.1) is 17.1 Å². The normalized spacial score (nSPS) is 12.2. The first-order valence-corrected chi connectivity index (χ1v) is 9.67. The van der Waals surface area contributed by atoms with Crippen LogP contribution in [0.15, 0.2) is 72.8 Å². The Bertz CT molecular complexity index is 1210. The van der Waals surface area contributed by atoms with Gasteiger partial charge in [0.25, 0.3) is 0 Å². The van der Waals surface area contributed by atoms with Crippen LogP contribution >= 0.6 is 23.2 Å². The van der Waals surface area contributed by atoms with Crippen molar-refractivity contribution in [3.8, 4) is 11.3 Å². The Morgan fingerprint density at radius 3 is 2.38 bits per heavy atom. The minimum Gasteiger partial charge on any atom is -0.428 e. The monoisotopic (exact) mass is 426 g/mol. The number of para-hydroxylation sites is 1. The summed E-state index contributed by atoms with van der Waals surface area (Å²) in [6.07, 6.45) is 0. The van der Waals surface area contributed by atoms with Crippen molar-refractivity contribution in [2.24, 2.45) is 0 Å². The number of fused-ring (bicyclic) bond motifs is 1. The molecule has 1 aromatic heterocycles. The molecule has 1 unspecified atom stereocenters. The van der Waals surface area contributed by atoms with E-state index in [9.17, 15) is 15.3 Å². The van der Waals surface area contributed by atoms with Crippen LogP contribution in [0.3, 0.4) is 0 Å². The van der Waals surface area contributed by atoms with Gasteiger partial charge in [0, 0.05) is 31.5 Å². The Kier molecular flexibility index (Phi) is 5.18. The summed E-state index contributed by atoms with van der Waals surface area (Å²) in [7, 11) is 0. The smallest absolute Gasteiger partial charge is 0.214 e. The molecule has 5 nitrogen and oxygen atoms in total. The highest BCUT2D eigenvalue weighted by molar-refractivity contribution is 6.35. The quantitative estimate of drug-likeness (QED) is 0.232. The molecule has 0 saturated carbocycles.